The van der Waals surface area contributed by atoms with Crippen molar-refractivity contribution in [3.05, 3.63) is 0 Å². The van der Waals surface area contributed by atoms with E-state index in [9.17, 15) is 0 Å². The van der Waals surface area contributed by atoms with E-state index in [-0.39, 0.29) is 10.0 Å². The third-order valence-corrected chi connectivity index (χ3v) is 11.9. The molecule has 2 heteroatoms. The van der Waals surface area contributed by atoms with Crippen molar-refractivity contribution < 1.29 is 0 Å². The first kappa shape index (κ1) is 9.26. The highest BCUT2D eigenvalue weighted by molar-refractivity contribution is 8.49. The van der Waals surface area contributed by atoms with Gasteiger partial charge in [-0.15, -0.1) is 0 Å². The van der Waals surface area contributed by atoms with E-state index < -0.39 is 0 Å². The molecule has 0 aromatic rings. The predicted octanol–water partition coefficient (Wildman–Crippen LogP) is 3.06. The van der Waals surface area contributed by atoms with E-state index in [1.54, 1.807) is 0 Å². The van der Waals surface area contributed by atoms with Crippen LogP contribution < -0.4 is 0 Å². The fourth-order valence-corrected chi connectivity index (χ4v) is 11.2. The standard InChI is InChI=1S/C10H20S2/c1-8-10(4)9(2,3)12(8,10)7-5-6-11/h8,11H,5-7H2,1-4H3/t8-,10?/m0/s1. The second kappa shape index (κ2) is 2.20. The van der Waals surface area contributed by atoms with E-state index in [4.69, 9.17) is 0 Å². The van der Waals surface area contributed by atoms with Gasteiger partial charge in [-0.25, -0.2) is 10.0 Å². The summed E-state index contributed by atoms with van der Waals surface area (Å²) < 4.78 is 1.48. The molecular weight excluding hydrogens is 184 g/mol. The largest absolute Gasteiger partial charge is 0.223 e. The summed E-state index contributed by atoms with van der Waals surface area (Å²) in [4.78, 5) is 0. The first-order valence-electron chi connectivity index (χ1n) is 4.86. The zero-order valence-electron chi connectivity index (χ0n) is 8.55. The van der Waals surface area contributed by atoms with Crippen molar-refractivity contribution in [3.8, 4) is 0 Å². The Morgan fingerprint density at radius 2 is 1.92 bits per heavy atom. The summed E-state index contributed by atoms with van der Waals surface area (Å²) in [5, 5.41) is 1.06. The first-order chi connectivity index (χ1) is 5.47. The molecule has 0 aliphatic carbocycles. The first-order valence-corrected chi connectivity index (χ1v) is 7.36. The van der Waals surface area contributed by atoms with Gasteiger partial charge in [0.05, 0.1) is 0 Å². The maximum atomic E-state index is 4.31. The maximum absolute atomic E-state index is 4.31. The van der Waals surface area contributed by atoms with Crippen molar-refractivity contribution >= 4 is 22.7 Å². The third kappa shape index (κ3) is 0.608. The molecule has 0 amide bonds. The van der Waals surface area contributed by atoms with Crippen LogP contribution in [0.15, 0.2) is 0 Å². The average Bonchev–Trinajstić information content (AvgIpc) is 2.66. The normalized spacial score (nSPS) is 53.2. The molecule has 0 N–H and O–H groups in total. The van der Waals surface area contributed by atoms with Gasteiger partial charge >= 0.3 is 0 Å². The van der Waals surface area contributed by atoms with Gasteiger partial charge in [0.25, 0.3) is 0 Å². The Bertz CT molecular complexity index is 224. The van der Waals surface area contributed by atoms with Crippen LogP contribution in [0.1, 0.15) is 34.1 Å². The molecule has 2 fully saturated rings. The second-order valence-corrected chi connectivity index (χ2v) is 9.85. The van der Waals surface area contributed by atoms with Crippen LogP contribution in [0.5, 0.6) is 0 Å². The molecule has 0 bridgehead atoms. The molecule has 1 unspecified atom stereocenters. The number of hydrogen-bond acceptors (Lipinski definition) is 1. The maximum Gasteiger partial charge on any atom is 0.0212 e. The highest BCUT2D eigenvalue weighted by atomic mass is 32.3. The van der Waals surface area contributed by atoms with Gasteiger partial charge in [-0.05, 0) is 24.9 Å². The van der Waals surface area contributed by atoms with Crippen LogP contribution in [0.3, 0.4) is 0 Å². The third-order valence-electron chi connectivity index (χ3n) is 4.77. The molecular formula is C10H20S2. The zero-order valence-corrected chi connectivity index (χ0v) is 10.3. The Kier molecular flexibility index (Phi) is 1.69. The minimum atomic E-state index is -0.175. The molecule has 3 atom stereocenters. The van der Waals surface area contributed by atoms with E-state index in [0.717, 1.165) is 15.7 Å². The fourth-order valence-electron chi connectivity index (χ4n) is 3.58. The summed E-state index contributed by atoms with van der Waals surface area (Å²) in [5.41, 5.74) is 0. The molecule has 12 heavy (non-hydrogen) atoms. The molecule has 0 aromatic heterocycles. The lowest BCUT2D eigenvalue weighted by Gasteiger charge is -2.26. The average molecular weight is 204 g/mol. The summed E-state index contributed by atoms with van der Waals surface area (Å²) in [6.45, 7) is 9.91. The SMILES string of the molecule is C[C@H]1C2(C)C(C)(C)[S@]12CCCS. The predicted molar refractivity (Wildman–Crippen MR) is 62.9 cm³/mol. The summed E-state index contributed by atoms with van der Waals surface area (Å²) in [5.74, 6) is 2.56. The van der Waals surface area contributed by atoms with E-state index in [1.165, 1.54) is 12.2 Å². The lowest BCUT2D eigenvalue weighted by atomic mass is 9.95. The van der Waals surface area contributed by atoms with Crippen LogP contribution in [0.4, 0.5) is 0 Å². The number of thiol groups is 1. The molecule has 0 saturated carbocycles. The van der Waals surface area contributed by atoms with Crippen LogP contribution in [0.25, 0.3) is 0 Å². The van der Waals surface area contributed by atoms with Crippen molar-refractivity contribution in [3.63, 3.8) is 0 Å². The van der Waals surface area contributed by atoms with Gasteiger partial charge in [-0.2, -0.15) is 12.6 Å². The van der Waals surface area contributed by atoms with Crippen LogP contribution in [-0.2, 0) is 0 Å². The van der Waals surface area contributed by atoms with E-state index in [0.29, 0.717) is 4.75 Å². The summed E-state index contributed by atoms with van der Waals surface area (Å²) in [7, 11) is -0.175. The zero-order chi connectivity index (χ0) is 9.20. The topological polar surface area (TPSA) is 0 Å². The minimum absolute atomic E-state index is 0.175. The molecule has 0 spiro atoms. The van der Waals surface area contributed by atoms with Crippen LogP contribution in [-0.4, -0.2) is 26.2 Å². The highest BCUT2D eigenvalue weighted by Crippen LogP contribution is 3.07. The van der Waals surface area contributed by atoms with Crippen molar-refractivity contribution in [1.29, 1.82) is 0 Å². The minimum Gasteiger partial charge on any atom is -0.223 e. The molecule has 0 aromatic carbocycles. The summed E-state index contributed by atoms with van der Waals surface area (Å²) in [6, 6.07) is 0. The number of hydrogen-bond donors (Lipinski definition) is 1. The smallest absolute Gasteiger partial charge is 0.0212 e. The van der Waals surface area contributed by atoms with Crippen molar-refractivity contribution in [2.45, 2.75) is 48.9 Å². The van der Waals surface area contributed by atoms with E-state index in [1.807, 2.05) is 0 Å². The molecule has 2 saturated heterocycles. The number of rotatable bonds is 3. The van der Waals surface area contributed by atoms with Crippen LogP contribution in [0.2, 0.25) is 0 Å². The molecule has 72 valence electrons. The lowest BCUT2D eigenvalue weighted by molar-refractivity contribution is 0.599. The number of fused-ring (bicyclic) bond motifs is 1. The second-order valence-electron chi connectivity index (χ2n) is 4.83. The van der Waals surface area contributed by atoms with E-state index in [2.05, 4.69) is 40.3 Å². The fraction of sp³-hybridized carbons (Fsp3) is 1.00. The molecule has 2 aliphatic rings. The van der Waals surface area contributed by atoms with Crippen molar-refractivity contribution in [2.75, 3.05) is 11.5 Å². The van der Waals surface area contributed by atoms with Crippen LogP contribution in [0, 0.1) is 0 Å². The monoisotopic (exact) mass is 204 g/mol. The van der Waals surface area contributed by atoms with Gasteiger partial charge < -0.3 is 0 Å². The molecule has 0 nitrogen and oxygen atoms in total. The Labute approximate surface area is 83.2 Å². The van der Waals surface area contributed by atoms with Gasteiger partial charge in [-0.1, -0.05) is 20.8 Å². The Balaban J connectivity index is 2.06. The summed E-state index contributed by atoms with van der Waals surface area (Å²) in [6.07, 6.45) is 1.34. The Hall–Kier alpha value is 0.700. The van der Waals surface area contributed by atoms with Gasteiger partial charge in [0.2, 0.25) is 0 Å². The van der Waals surface area contributed by atoms with Crippen LogP contribution >= 0.6 is 22.7 Å². The molecule has 2 rings (SSSR count). The molecule has 2 heterocycles. The van der Waals surface area contributed by atoms with Gasteiger partial charge in [-0.3, -0.25) is 0 Å². The van der Waals surface area contributed by atoms with Crippen molar-refractivity contribution in [1.82, 2.24) is 0 Å². The Morgan fingerprint density at radius 3 is 2.17 bits per heavy atom. The Morgan fingerprint density at radius 1 is 1.33 bits per heavy atom. The molecule has 0 radical (unpaired) electrons. The lowest BCUT2D eigenvalue weighted by Crippen LogP contribution is -2.26. The van der Waals surface area contributed by atoms with Gasteiger partial charge in [0.1, 0.15) is 0 Å². The quantitative estimate of drug-likeness (QED) is 0.530. The van der Waals surface area contributed by atoms with Crippen molar-refractivity contribution in [2.24, 2.45) is 0 Å². The van der Waals surface area contributed by atoms with E-state index >= 15 is 0 Å². The molecule has 2 aliphatic heterocycles. The highest BCUT2D eigenvalue weighted by Gasteiger charge is 2.93. The van der Waals surface area contributed by atoms with Gasteiger partial charge in [0, 0.05) is 14.7 Å². The summed E-state index contributed by atoms with van der Waals surface area (Å²) >= 11 is 4.31. The van der Waals surface area contributed by atoms with Gasteiger partial charge in [0.15, 0.2) is 0 Å².